The molecule has 0 aliphatic carbocycles. The molecule has 0 aliphatic heterocycles. The summed E-state index contributed by atoms with van der Waals surface area (Å²) in [7, 11) is 0. The molecular formula is C38H28. The van der Waals surface area contributed by atoms with Gasteiger partial charge in [-0.25, -0.2) is 0 Å². The van der Waals surface area contributed by atoms with Crippen LogP contribution in [0.3, 0.4) is 0 Å². The molecule has 0 fully saturated rings. The van der Waals surface area contributed by atoms with E-state index in [9.17, 15) is 0 Å². The smallest absolute Gasteiger partial charge is 0.0111 e. The van der Waals surface area contributed by atoms with Crippen LogP contribution < -0.4 is 0 Å². The molecule has 0 saturated carbocycles. The molecule has 0 N–H and O–H groups in total. The second kappa shape index (κ2) is 11.0. The lowest BCUT2D eigenvalue weighted by Gasteiger charge is -2.12. The van der Waals surface area contributed by atoms with Gasteiger partial charge in [-0.15, -0.1) is 0 Å². The Kier molecular flexibility index (Phi) is 6.78. The van der Waals surface area contributed by atoms with E-state index in [2.05, 4.69) is 170 Å². The standard InChI is InChI=1S/C38H28/c1-5-13-29(14-6-1)33-23-25-37(31-17-9-3-10-18-31)35(27-33)21-22-36-28-34(30-15-7-2-8-16-30)24-26-38(36)32-19-11-4-12-20-32/h1-28H/b22-21-. The van der Waals surface area contributed by atoms with Gasteiger partial charge in [-0.05, 0) is 67.8 Å². The molecule has 0 aromatic heterocycles. The first-order chi connectivity index (χ1) is 18.8. The Morgan fingerprint density at radius 3 is 0.921 bits per heavy atom. The Labute approximate surface area is 225 Å². The van der Waals surface area contributed by atoms with Crippen molar-refractivity contribution < 1.29 is 0 Å². The summed E-state index contributed by atoms with van der Waals surface area (Å²) in [5.74, 6) is 0. The first kappa shape index (κ1) is 23.5. The van der Waals surface area contributed by atoms with Crippen LogP contribution >= 0.6 is 0 Å². The fourth-order valence-corrected chi connectivity index (χ4v) is 4.96. The highest BCUT2D eigenvalue weighted by Crippen LogP contribution is 2.33. The van der Waals surface area contributed by atoms with Gasteiger partial charge in [0.25, 0.3) is 0 Å². The normalized spacial score (nSPS) is 11.1. The maximum Gasteiger partial charge on any atom is -0.0111 e. The molecule has 0 aliphatic rings. The molecule has 180 valence electrons. The number of hydrogen-bond acceptors (Lipinski definition) is 0. The monoisotopic (exact) mass is 484 g/mol. The van der Waals surface area contributed by atoms with E-state index in [1.54, 1.807) is 0 Å². The zero-order chi connectivity index (χ0) is 25.6. The van der Waals surface area contributed by atoms with Crippen LogP contribution in [0, 0.1) is 0 Å². The van der Waals surface area contributed by atoms with Crippen molar-refractivity contribution in [3.05, 3.63) is 169 Å². The topological polar surface area (TPSA) is 0 Å². The maximum absolute atomic E-state index is 2.30. The van der Waals surface area contributed by atoms with E-state index in [1.165, 1.54) is 55.6 Å². The van der Waals surface area contributed by atoms with Gasteiger partial charge < -0.3 is 0 Å². The van der Waals surface area contributed by atoms with E-state index in [0.29, 0.717) is 0 Å². The molecule has 0 atom stereocenters. The summed E-state index contributed by atoms with van der Waals surface area (Å²) in [6, 6.07) is 56.0. The van der Waals surface area contributed by atoms with Gasteiger partial charge in [-0.3, -0.25) is 0 Å². The quantitative estimate of drug-likeness (QED) is 0.206. The average Bonchev–Trinajstić information content (AvgIpc) is 3.01. The third-order valence-corrected chi connectivity index (χ3v) is 6.93. The van der Waals surface area contributed by atoms with Crippen molar-refractivity contribution in [2.24, 2.45) is 0 Å². The number of hydrogen-bond donors (Lipinski definition) is 0. The predicted octanol–water partition coefficient (Wildman–Crippen LogP) is 10.5. The Balaban J connectivity index is 1.49. The Morgan fingerprint density at radius 2 is 0.579 bits per heavy atom. The van der Waals surface area contributed by atoms with Gasteiger partial charge in [-0.2, -0.15) is 0 Å². The van der Waals surface area contributed by atoms with E-state index in [0.717, 1.165) is 0 Å². The summed E-state index contributed by atoms with van der Waals surface area (Å²) in [4.78, 5) is 0. The molecule has 6 rings (SSSR count). The zero-order valence-corrected chi connectivity index (χ0v) is 21.2. The summed E-state index contributed by atoms with van der Waals surface area (Å²) >= 11 is 0. The third-order valence-electron chi connectivity index (χ3n) is 6.93. The molecule has 6 aromatic carbocycles. The van der Waals surface area contributed by atoms with E-state index < -0.39 is 0 Å². The minimum Gasteiger partial charge on any atom is -0.0622 e. The summed E-state index contributed by atoms with van der Waals surface area (Å²) in [5.41, 5.74) is 12.1. The molecule has 0 bridgehead atoms. The van der Waals surface area contributed by atoms with Crippen LogP contribution in [0.5, 0.6) is 0 Å². The molecule has 0 amide bonds. The number of rotatable bonds is 6. The lowest BCUT2D eigenvalue weighted by Crippen LogP contribution is -1.88. The average molecular weight is 485 g/mol. The van der Waals surface area contributed by atoms with Crippen molar-refractivity contribution in [1.82, 2.24) is 0 Å². The Hall–Kier alpha value is -4.94. The fraction of sp³-hybridized carbons (Fsp3) is 0. The summed E-state index contributed by atoms with van der Waals surface area (Å²) in [6.07, 6.45) is 4.54. The Bertz CT molecular complexity index is 1530. The first-order valence-electron chi connectivity index (χ1n) is 13.0. The van der Waals surface area contributed by atoms with Gasteiger partial charge in [0.15, 0.2) is 0 Å². The second-order valence-electron chi connectivity index (χ2n) is 9.40. The van der Waals surface area contributed by atoms with Crippen LogP contribution in [0.2, 0.25) is 0 Å². The predicted molar refractivity (Wildman–Crippen MR) is 164 cm³/mol. The fourth-order valence-electron chi connectivity index (χ4n) is 4.96. The molecule has 0 unspecified atom stereocenters. The highest BCUT2D eigenvalue weighted by molar-refractivity contribution is 5.88. The van der Waals surface area contributed by atoms with E-state index >= 15 is 0 Å². The molecule has 0 radical (unpaired) electrons. The maximum atomic E-state index is 2.30. The van der Waals surface area contributed by atoms with Crippen molar-refractivity contribution in [3.8, 4) is 44.5 Å². The molecular weight excluding hydrogens is 456 g/mol. The van der Waals surface area contributed by atoms with Gasteiger partial charge >= 0.3 is 0 Å². The summed E-state index contributed by atoms with van der Waals surface area (Å²) in [6.45, 7) is 0. The highest BCUT2D eigenvalue weighted by atomic mass is 14.1. The molecule has 38 heavy (non-hydrogen) atoms. The minimum atomic E-state index is 1.20. The van der Waals surface area contributed by atoms with Crippen molar-refractivity contribution in [2.75, 3.05) is 0 Å². The van der Waals surface area contributed by atoms with Gasteiger partial charge in [-0.1, -0.05) is 158 Å². The molecule has 0 saturated heterocycles. The zero-order valence-electron chi connectivity index (χ0n) is 21.2. The molecule has 0 heteroatoms. The summed E-state index contributed by atoms with van der Waals surface area (Å²) < 4.78 is 0. The largest absolute Gasteiger partial charge is 0.0622 e. The SMILES string of the molecule is C(=C/c1cc(-c2ccccc2)ccc1-c1ccccc1)/c1cc(-c2ccccc2)ccc1-c1ccccc1. The van der Waals surface area contributed by atoms with Crippen molar-refractivity contribution >= 4 is 12.2 Å². The first-order valence-corrected chi connectivity index (χ1v) is 13.0. The van der Waals surface area contributed by atoms with Crippen LogP contribution in [0.1, 0.15) is 11.1 Å². The Morgan fingerprint density at radius 1 is 0.263 bits per heavy atom. The molecule has 0 spiro atoms. The summed E-state index contributed by atoms with van der Waals surface area (Å²) in [5, 5.41) is 0. The van der Waals surface area contributed by atoms with E-state index in [-0.39, 0.29) is 0 Å². The molecule has 6 aromatic rings. The minimum absolute atomic E-state index is 1.20. The van der Waals surface area contributed by atoms with Crippen LogP contribution in [0.25, 0.3) is 56.7 Å². The van der Waals surface area contributed by atoms with Crippen molar-refractivity contribution in [2.45, 2.75) is 0 Å². The van der Waals surface area contributed by atoms with E-state index in [4.69, 9.17) is 0 Å². The van der Waals surface area contributed by atoms with Gasteiger partial charge in [0.2, 0.25) is 0 Å². The lowest BCUT2D eigenvalue weighted by atomic mass is 9.92. The van der Waals surface area contributed by atoms with Crippen molar-refractivity contribution in [1.29, 1.82) is 0 Å². The number of benzene rings is 6. The van der Waals surface area contributed by atoms with Crippen LogP contribution in [-0.4, -0.2) is 0 Å². The van der Waals surface area contributed by atoms with Gasteiger partial charge in [0.05, 0.1) is 0 Å². The third kappa shape index (κ3) is 5.12. The molecule has 0 heterocycles. The molecule has 0 nitrogen and oxygen atoms in total. The van der Waals surface area contributed by atoms with Crippen LogP contribution in [0.15, 0.2) is 158 Å². The van der Waals surface area contributed by atoms with E-state index in [1.807, 2.05) is 0 Å². The second-order valence-corrected chi connectivity index (χ2v) is 9.40. The van der Waals surface area contributed by atoms with Crippen LogP contribution in [-0.2, 0) is 0 Å². The highest BCUT2D eigenvalue weighted by Gasteiger charge is 2.09. The van der Waals surface area contributed by atoms with Gasteiger partial charge in [0, 0.05) is 0 Å². The lowest BCUT2D eigenvalue weighted by molar-refractivity contribution is 1.56. The van der Waals surface area contributed by atoms with Crippen LogP contribution in [0.4, 0.5) is 0 Å². The van der Waals surface area contributed by atoms with Crippen molar-refractivity contribution in [3.63, 3.8) is 0 Å². The van der Waals surface area contributed by atoms with Gasteiger partial charge in [0.1, 0.15) is 0 Å².